The Bertz CT molecular complexity index is 377. The highest BCUT2D eigenvalue weighted by Gasteiger charge is 1.99. The number of rotatable bonds is 10. The van der Waals surface area contributed by atoms with Gasteiger partial charge in [-0.05, 0) is 30.9 Å². The van der Waals surface area contributed by atoms with Crippen molar-refractivity contribution in [3.63, 3.8) is 0 Å². The Balaban J connectivity index is 1.94. The van der Waals surface area contributed by atoms with Gasteiger partial charge in [-0.1, -0.05) is 61.9 Å². The lowest BCUT2D eigenvalue weighted by molar-refractivity contribution is -0.137. The molecule has 0 aliphatic carbocycles. The lowest BCUT2D eigenvalue weighted by Gasteiger charge is -2.04. The van der Waals surface area contributed by atoms with Gasteiger partial charge in [-0.2, -0.15) is 0 Å². The maximum absolute atomic E-state index is 10.3. The van der Waals surface area contributed by atoms with E-state index in [2.05, 4.69) is 6.07 Å². The summed E-state index contributed by atoms with van der Waals surface area (Å²) in [6.07, 6.45) is 9.22. The summed E-state index contributed by atoms with van der Waals surface area (Å²) in [5.74, 6) is -0.681. The van der Waals surface area contributed by atoms with E-state index in [1.54, 1.807) is 0 Å². The number of carboxylic acids is 1. The van der Waals surface area contributed by atoms with Crippen LogP contribution < -0.4 is 0 Å². The summed E-state index contributed by atoms with van der Waals surface area (Å²) in [6, 6.07) is 8.03. The standard InChI is InChI=1S/C16H23ClO2/c17-15-12-9-8-11-14(15)10-6-4-2-1-3-5-7-13-16(18)19/h8-9,11-12H,1-7,10,13H2,(H,18,19). The van der Waals surface area contributed by atoms with Gasteiger partial charge < -0.3 is 5.11 Å². The number of carbonyl (C=O) groups is 1. The molecular formula is C16H23ClO2. The van der Waals surface area contributed by atoms with Gasteiger partial charge >= 0.3 is 5.97 Å². The highest BCUT2D eigenvalue weighted by molar-refractivity contribution is 6.31. The zero-order chi connectivity index (χ0) is 13.9. The molecule has 0 fully saturated rings. The fourth-order valence-corrected chi connectivity index (χ4v) is 2.41. The summed E-state index contributed by atoms with van der Waals surface area (Å²) in [6.45, 7) is 0. The van der Waals surface area contributed by atoms with Crippen molar-refractivity contribution in [3.8, 4) is 0 Å². The Morgan fingerprint density at radius 1 is 0.947 bits per heavy atom. The smallest absolute Gasteiger partial charge is 0.303 e. The number of hydrogen-bond donors (Lipinski definition) is 1. The lowest BCUT2D eigenvalue weighted by Crippen LogP contribution is -1.93. The van der Waals surface area contributed by atoms with E-state index in [0.717, 1.165) is 30.7 Å². The molecule has 0 spiro atoms. The number of hydrogen-bond acceptors (Lipinski definition) is 1. The SMILES string of the molecule is O=C(O)CCCCCCCCCc1ccccc1Cl. The van der Waals surface area contributed by atoms with Crippen LogP contribution >= 0.6 is 11.6 Å². The predicted octanol–water partition coefficient (Wildman–Crippen LogP) is 5.09. The minimum atomic E-state index is -0.681. The van der Waals surface area contributed by atoms with Crippen LogP contribution in [0.1, 0.15) is 56.9 Å². The third-order valence-electron chi connectivity index (χ3n) is 3.29. The molecule has 0 aromatic heterocycles. The van der Waals surface area contributed by atoms with E-state index >= 15 is 0 Å². The molecule has 1 aromatic rings. The van der Waals surface area contributed by atoms with Crippen molar-refractivity contribution in [1.29, 1.82) is 0 Å². The van der Waals surface area contributed by atoms with E-state index in [-0.39, 0.29) is 0 Å². The van der Waals surface area contributed by atoms with Crippen LogP contribution in [0.3, 0.4) is 0 Å². The topological polar surface area (TPSA) is 37.3 Å². The molecule has 0 aliphatic heterocycles. The third-order valence-corrected chi connectivity index (χ3v) is 3.66. The van der Waals surface area contributed by atoms with Crippen molar-refractivity contribution in [1.82, 2.24) is 0 Å². The number of aryl methyl sites for hydroxylation is 1. The van der Waals surface area contributed by atoms with Gasteiger partial charge in [0.2, 0.25) is 0 Å². The summed E-state index contributed by atoms with van der Waals surface area (Å²) in [4.78, 5) is 10.3. The Morgan fingerprint density at radius 2 is 1.53 bits per heavy atom. The number of carboxylic acid groups (broad SMARTS) is 1. The quantitative estimate of drug-likeness (QED) is 0.607. The summed E-state index contributed by atoms with van der Waals surface area (Å²) >= 11 is 6.10. The van der Waals surface area contributed by atoms with Crippen LogP contribution in [-0.4, -0.2) is 11.1 Å². The first-order valence-corrected chi connectivity index (χ1v) is 7.53. The molecular weight excluding hydrogens is 260 g/mol. The average Bonchev–Trinajstić information content (AvgIpc) is 2.38. The normalized spacial score (nSPS) is 10.6. The van der Waals surface area contributed by atoms with Gasteiger partial charge in [-0.25, -0.2) is 0 Å². The molecule has 1 rings (SSSR count). The molecule has 0 radical (unpaired) electrons. The van der Waals surface area contributed by atoms with Crippen LogP contribution in [0.15, 0.2) is 24.3 Å². The molecule has 0 amide bonds. The minimum absolute atomic E-state index is 0.312. The maximum atomic E-state index is 10.3. The van der Waals surface area contributed by atoms with Crippen LogP contribution in [0, 0.1) is 0 Å². The van der Waals surface area contributed by atoms with Gasteiger partial charge in [-0.15, -0.1) is 0 Å². The fraction of sp³-hybridized carbons (Fsp3) is 0.562. The lowest BCUT2D eigenvalue weighted by atomic mass is 10.0. The Hall–Kier alpha value is -1.02. The minimum Gasteiger partial charge on any atom is -0.481 e. The number of aliphatic carboxylic acids is 1. The van der Waals surface area contributed by atoms with Crippen LogP contribution in [0.5, 0.6) is 0 Å². The van der Waals surface area contributed by atoms with Crippen molar-refractivity contribution in [2.24, 2.45) is 0 Å². The number of halogens is 1. The van der Waals surface area contributed by atoms with Crippen molar-refractivity contribution in [3.05, 3.63) is 34.9 Å². The highest BCUT2D eigenvalue weighted by Crippen LogP contribution is 2.18. The first kappa shape index (κ1) is 16.0. The number of benzene rings is 1. The fourth-order valence-electron chi connectivity index (χ4n) is 2.18. The Labute approximate surface area is 120 Å². The third kappa shape index (κ3) is 7.89. The largest absolute Gasteiger partial charge is 0.481 e. The van der Waals surface area contributed by atoms with Gasteiger partial charge in [0.25, 0.3) is 0 Å². The molecule has 0 unspecified atom stereocenters. The first-order valence-electron chi connectivity index (χ1n) is 7.15. The van der Waals surface area contributed by atoms with E-state index in [1.807, 2.05) is 18.2 Å². The van der Waals surface area contributed by atoms with Crippen molar-refractivity contribution in [2.75, 3.05) is 0 Å². The average molecular weight is 283 g/mol. The first-order chi connectivity index (χ1) is 9.20. The Kier molecular flexibility index (Phi) is 8.31. The molecule has 0 heterocycles. The zero-order valence-corrected chi connectivity index (χ0v) is 12.2. The molecule has 0 saturated carbocycles. The van der Waals surface area contributed by atoms with Crippen molar-refractivity contribution in [2.45, 2.75) is 57.8 Å². The summed E-state index contributed by atoms with van der Waals surface area (Å²) < 4.78 is 0. The van der Waals surface area contributed by atoms with Gasteiger partial charge in [0.1, 0.15) is 0 Å². The molecule has 106 valence electrons. The van der Waals surface area contributed by atoms with Crippen LogP contribution in [0.2, 0.25) is 5.02 Å². The van der Waals surface area contributed by atoms with Crippen LogP contribution in [-0.2, 0) is 11.2 Å². The Morgan fingerprint density at radius 3 is 2.16 bits per heavy atom. The molecule has 1 aromatic carbocycles. The second-order valence-electron chi connectivity index (χ2n) is 4.96. The van der Waals surface area contributed by atoms with E-state index in [4.69, 9.17) is 16.7 Å². The molecule has 0 aliphatic rings. The van der Waals surface area contributed by atoms with Gasteiger partial charge in [0, 0.05) is 11.4 Å². The molecule has 0 saturated heterocycles. The van der Waals surface area contributed by atoms with Crippen molar-refractivity contribution < 1.29 is 9.90 Å². The van der Waals surface area contributed by atoms with Gasteiger partial charge in [0.15, 0.2) is 0 Å². The van der Waals surface area contributed by atoms with E-state index in [0.29, 0.717) is 6.42 Å². The van der Waals surface area contributed by atoms with Gasteiger partial charge in [0.05, 0.1) is 0 Å². The second kappa shape index (κ2) is 9.85. The molecule has 2 nitrogen and oxygen atoms in total. The summed E-state index contributed by atoms with van der Waals surface area (Å²) in [7, 11) is 0. The van der Waals surface area contributed by atoms with Crippen LogP contribution in [0.25, 0.3) is 0 Å². The second-order valence-corrected chi connectivity index (χ2v) is 5.37. The van der Waals surface area contributed by atoms with E-state index < -0.39 is 5.97 Å². The predicted molar refractivity (Wildman–Crippen MR) is 79.7 cm³/mol. The molecule has 1 N–H and O–H groups in total. The molecule has 19 heavy (non-hydrogen) atoms. The maximum Gasteiger partial charge on any atom is 0.303 e. The van der Waals surface area contributed by atoms with E-state index in [1.165, 1.54) is 31.2 Å². The summed E-state index contributed by atoms with van der Waals surface area (Å²) in [5, 5.41) is 9.38. The number of unbranched alkanes of at least 4 members (excludes halogenated alkanes) is 6. The van der Waals surface area contributed by atoms with Crippen LogP contribution in [0.4, 0.5) is 0 Å². The molecule has 0 atom stereocenters. The van der Waals surface area contributed by atoms with Crippen molar-refractivity contribution >= 4 is 17.6 Å². The summed E-state index contributed by atoms with van der Waals surface area (Å²) in [5.41, 5.74) is 1.24. The van der Waals surface area contributed by atoms with Gasteiger partial charge in [-0.3, -0.25) is 4.79 Å². The monoisotopic (exact) mass is 282 g/mol. The molecule has 0 bridgehead atoms. The molecule has 3 heteroatoms. The highest BCUT2D eigenvalue weighted by atomic mass is 35.5. The zero-order valence-electron chi connectivity index (χ0n) is 11.4. The van der Waals surface area contributed by atoms with E-state index in [9.17, 15) is 4.79 Å².